The third-order valence-electron chi connectivity index (χ3n) is 2.57. The first-order valence-corrected chi connectivity index (χ1v) is 6.30. The van der Waals surface area contributed by atoms with Crippen molar-refractivity contribution in [2.45, 2.75) is 18.9 Å². The van der Waals surface area contributed by atoms with Gasteiger partial charge in [0, 0.05) is 35.9 Å². The van der Waals surface area contributed by atoms with Crippen molar-refractivity contribution in [2.24, 2.45) is 0 Å². The Morgan fingerprint density at radius 1 is 1.60 bits per heavy atom. The number of halogens is 1. The normalized spacial score (nSPS) is 15.1. The molecule has 2 rings (SSSR count). The van der Waals surface area contributed by atoms with Gasteiger partial charge in [-0.3, -0.25) is 0 Å². The van der Waals surface area contributed by atoms with E-state index in [-0.39, 0.29) is 0 Å². The van der Waals surface area contributed by atoms with Crippen LogP contribution in [-0.2, 0) is 0 Å². The van der Waals surface area contributed by atoms with Gasteiger partial charge in [0.1, 0.15) is 0 Å². The van der Waals surface area contributed by atoms with Gasteiger partial charge in [-0.05, 0) is 18.9 Å². The molecule has 1 fully saturated rings. The molecular weight excluding hydrogens is 256 g/mol. The van der Waals surface area contributed by atoms with E-state index in [1.54, 1.807) is 13.3 Å². The van der Waals surface area contributed by atoms with Gasteiger partial charge in [-0.1, -0.05) is 15.9 Å². The van der Waals surface area contributed by atoms with Gasteiger partial charge in [-0.25, -0.2) is 4.98 Å². The first-order chi connectivity index (χ1) is 7.35. The predicted molar refractivity (Wildman–Crippen MR) is 65.0 cm³/mol. The van der Waals surface area contributed by atoms with Crippen LogP contribution in [0.15, 0.2) is 18.3 Å². The lowest BCUT2D eigenvalue weighted by molar-refractivity contribution is 0.398. The van der Waals surface area contributed by atoms with Crippen LogP contribution < -0.4 is 9.64 Å². The maximum atomic E-state index is 5.13. The van der Waals surface area contributed by atoms with Gasteiger partial charge >= 0.3 is 0 Å². The fourth-order valence-electron chi connectivity index (χ4n) is 1.69. The molecule has 1 saturated carbocycles. The van der Waals surface area contributed by atoms with E-state index < -0.39 is 0 Å². The molecule has 0 spiro atoms. The molecule has 1 aliphatic rings. The quantitative estimate of drug-likeness (QED) is 0.769. The van der Waals surface area contributed by atoms with Crippen molar-refractivity contribution < 1.29 is 4.74 Å². The lowest BCUT2D eigenvalue weighted by Gasteiger charge is -2.23. The Hall–Kier alpha value is -0.770. The number of aromatic nitrogens is 1. The molecule has 1 heterocycles. The van der Waals surface area contributed by atoms with Crippen molar-refractivity contribution in [3.8, 4) is 5.88 Å². The zero-order valence-corrected chi connectivity index (χ0v) is 10.4. The highest BCUT2D eigenvalue weighted by Crippen LogP contribution is 2.32. The predicted octanol–water partition coefficient (Wildman–Crippen LogP) is 2.45. The Labute approximate surface area is 98.6 Å². The van der Waals surface area contributed by atoms with Crippen LogP contribution in [0.2, 0.25) is 0 Å². The number of methoxy groups -OCH3 is 1. The Kier molecular flexibility index (Phi) is 3.46. The summed E-state index contributed by atoms with van der Waals surface area (Å²) in [5.74, 6) is 0.688. The summed E-state index contributed by atoms with van der Waals surface area (Å²) in [6.07, 6.45) is 4.41. The topological polar surface area (TPSA) is 25.4 Å². The highest BCUT2D eigenvalue weighted by Gasteiger charge is 2.28. The third kappa shape index (κ3) is 2.62. The fraction of sp³-hybridized carbons (Fsp3) is 0.545. The number of ether oxygens (including phenoxy) is 1. The number of hydrogen-bond donors (Lipinski definition) is 0. The average molecular weight is 271 g/mol. The van der Waals surface area contributed by atoms with Crippen LogP contribution >= 0.6 is 15.9 Å². The van der Waals surface area contributed by atoms with Crippen LogP contribution in [0.3, 0.4) is 0 Å². The zero-order chi connectivity index (χ0) is 10.7. The molecule has 0 aliphatic heterocycles. The van der Waals surface area contributed by atoms with E-state index >= 15 is 0 Å². The summed E-state index contributed by atoms with van der Waals surface area (Å²) in [5.41, 5.74) is 1.21. The zero-order valence-electron chi connectivity index (χ0n) is 8.82. The molecule has 0 N–H and O–H groups in total. The number of pyridine rings is 1. The Bertz CT molecular complexity index is 328. The van der Waals surface area contributed by atoms with Crippen molar-refractivity contribution in [3.63, 3.8) is 0 Å². The second kappa shape index (κ2) is 4.84. The van der Waals surface area contributed by atoms with Gasteiger partial charge in [0.15, 0.2) is 0 Å². The standard InChI is InChI=1S/C11H15BrN2O/c1-15-11-8-10(4-6-13-11)14(7-5-12)9-2-3-9/h4,6,8-9H,2-3,5,7H2,1H3. The average Bonchev–Trinajstić information content (AvgIpc) is 3.10. The molecule has 1 aliphatic carbocycles. The van der Waals surface area contributed by atoms with E-state index in [0.29, 0.717) is 5.88 Å². The SMILES string of the molecule is COc1cc(N(CCBr)C2CC2)ccn1. The van der Waals surface area contributed by atoms with E-state index in [4.69, 9.17) is 4.74 Å². The monoisotopic (exact) mass is 270 g/mol. The van der Waals surface area contributed by atoms with Gasteiger partial charge in [0.05, 0.1) is 7.11 Å². The second-order valence-electron chi connectivity index (χ2n) is 3.67. The van der Waals surface area contributed by atoms with Crippen LogP contribution in [0, 0.1) is 0 Å². The Morgan fingerprint density at radius 3 is 3.00 bits per heavy atom. The van der Waals surface area contributed by atoms with E-state index in [2.05, 4.69) is 25.8 Å². The summed E-state index contributed by atoms with van der Waals surface area (Å²) in [6.45, 7) is 1.04. The van der Waals surface area contributed by atoms with Gasteiger partial charge in [-0.2, -0.15) is 0 Å². The number of alkyl halides is 1. The smallest absolute Gasteiger partial charge is 0.214 e. The molecule has 3 nitrogen and oxygen atoms in total. The van der Waals surface area contributed by atoms with E-state index in [9.17, 15) is 0 Å². The minimum Gasteiger partial charge on any atom is -0.481 e. The molecule has 0 saturated heterocycles. The molecule has 0 amide bonds. The minimum absolute atomic E-state index is 0.688. The van der Waals surface area contributed by atoms with Crippen molar-refractivity contribution >= 4 is 21.6 Å². The Balaban J connectivity index is 2.16. The molecule has 1 aromatic heterocycles. The first kappa shape index (κ1) is 10.7. The fourth-order valence-corrected chi connectivity index (χ4v) is 2.07. The summed E-state index contributed by atoms with van der Waals surface area (Å²) in [4.78, 5) is 6.54. The van der Waals surface area contributed by atoms with Crippen LogP contribution in [-0.4, -0.2) is 30.0 Å². The highest BCUT2D eigenvalue weighted by atomic mass is 79.9. The van der Waals surface area contributed by atoms with Crippen LogP contribution in [0.4, 0.5) is 5.69 Å². The molecule has 0 radical (unpaired) electrons. The molecule has 15 heavy (non-hydrogen) atoms. The molecule has 82 valence electrons. The van der Waals surface area contributed by atoms with Crippen LogP contribution in [0.25, 0.3) is 0 Å². The van der Waals surface area contributed by atoms with Gasteiger partial charge in [0.25, 0.3) is 0 Å². The molecular formula is C11H15BrN2O. The number of anilines is 1. The lowest BCUT2D eigenvalue weighted by atomic mass is 10.3. The van der Waals surface area contributed by atoms with Crippen molar-refractivity contribution in [2.75, 3.05) is 23.9 Å². The first-order valence-electron chi connectivity index (χ1n) is 5.18. The lowest BCUT2D eigenvalue weighted by Crippen LogP contribution is -2.27. The van der Waals surface area contributed by atoms with E-state index in [1.807, 2.05) is 12.1 Å². The van der Waals surface area contributed by atoms with Gasteiger partial charge in [-0.15, -0.1) is 0 Å². The number of hydrogen-bond acceptors (Lipinski definition) is 3. The summed E-state index contributed by atoms with van der Waals surface area (Å²) in [6, 6.07) is 4.76. The van der Waals surface area contributed by atoms with Crippen molar-refractivity contribution in [1.82, 2.24) is 4.98 Å². The second-order valence-corrected chi connectivity index (χ2v) is 4.46. The molecule has 0 aromatic carbocycles. The van der Waals surface area contributed by atoms with Crippen LogP contribution in [0.1, 0.15) is 12.8 Å². The third-order valence-corrected chi connectivity index (χ3v) is 2.93. The maximum Gasteiger partial charge on any atom is 0.214 e. The van der Waals surface area contributed by atoms with E-state index in [1.165, 1.54) is 18.5 Å². The maximum absolute atomic E-state index is 5.13. The molecule has 4 heteroatoms. The number of nitrogens with zero attached hydrogens (tertiary/aromatic N) is 2. The summed E-state index contributed by atoms with van der Waals surface area (Å²) in [7, 11) is 1.65. The minimum atomic E-state index is 0.688. The summed E-state index contributed by atoms with van der Waals surface area (Å²) < 4.78 is 5.13. The van der Waals surface area contributed by atoms with Crippen LogP contribution in [0.5, 0.6) is 5.88 Å². The van der Waals surface area contributed by atoms with Gasteiger partial charge in [0.2, 0.25) is 5.88 Å². The molecule has 0 bridgehead atoms. The summed E-state index contributed by atoms with van der Waals surface area (Å²) in [5, 5.41) is 0.994. The molecule has 0 unspecified atom stereocenters. The van der Waals surface area contributed by atoms with E-state index in [0.717, 1.165) is 17.9 Å². The van der Waals surface area contributed by atoms with Crippen molar-refractivity contribution in [3.05, 3.63) is 18.3 Å². The number of rotatable bonds is 5. The Morgan fingerprint density at radius 2 is 2.40 bits per heavy atom. The van der Waals surface area contributed by atoms with Crippen molar-refractivity contribution in [1.29, 1.82) is 0 Å². The molecule has 1 aromatic rings. The van der Waals surface area contributed by atoms with Gasteiger partial charge < -0.3 is 9.64 Å². The largest absolute Gasteiger partial charge is 0.481 e. The highest BCUT2D eigenvalue weighted by molar-refractivity contribution is 9.09. The molecule has 0 atom stereocenters. The summed E-state index contributed by atoms with van der Waals surface area (Å²) >= 11 is 3.49.